The zero-order valence-electron chi connectivity index (χ0n) is 25.4. The molecule has 0 unspecified atom stereocenters. The van der Waals surface area contributed by atoms with Gasteiger partial charge in [0.05, 0.1) is 6.07 Å². The summed E-state index contributed by atoms with van der Waals surface area (Å²) in [6.45, 7) is 7.48. The maximum atomic E-state index is 12.9. The molecule has 6 rings (SSSR count). The van der Waals surface area contributed by atoms with E-state index in [-0.39, 0.29) is 21.6 Å². The van der Waals surface area contributed by atoms with Crippen molar-refractivity contribution in [2.45, 2.75) is 32.6 Å². The van der Waals surface area contributed by atoms with Gasteiger partial charge in [-0.1, -0.05) is 58.6 Å². The molecule has 4 aromatic rings. The average molecular weight is 656 g/mol. The first-order valence-corrected chi connectivity index (χ1v) is 17.2. The molecular weight excluding hydrogens is 625 g/mol. The molecule has 4 aromatic carbocycles. The average Bonchev–Trinajstić information content (AvgIpc) is 2.98. The Kier molecular flexibility index (Phi) is 7.81. The zero-order chi connectivity index (χ0) is 33.0. The van der Waals surface area contributed by atoms with E-state index >= 15 is 0 Å². The van der Waals surface area contributed by atoms with Gasteiger partial charge in [0.2, 0.25) is 11.0 Å². The highest BCUT2D eigenvalue weighted by Gasteiger charge is 2.31. The van der Waals surface area contributed by atoms with Crippen molar-refractivity contribution in [3.05, 3.63) is 125 Å². The summed E-state index contributed by atoms with van der Waals surface area (Å²) >= 11 is 0. The van der Waals surface area contributed by atoms with Crippen LogP contribution in [-0.4, -0.2) is 25.9 Å². The molecule has 11 heteroatoms. The Labute approximate surface area is 267 Å². The number of anilines is 2. The van der Waals surface area contributed by atoms with Crippen molar-refractivity contribution in [3.8, 4) is 22.5 Å². The summed E-state index contributed by atoms with van der Waals surface area (Å²) in [6.07, 6.45) is 0. The number of hydrogen-bond acceptors (Lipinski definition) is 6. The summed E-state index contributed by atoms with van der Waals surface area (Å²) in [7, 11) is -9.42. The van der Waals surface area contributed by atoms with E-state index in [1.165, 1.54) is 24.3 Å². The van der Waals surface area contributed by atoms with E-state index in [0.717, 1.165) is 20.8 Å². The van der Waals surface area contributed by atoms with E-state index in [9.17, 15) is 25.9 Å². The number of nitrogens with zero attached hydrogens (tertiary/aromatic N) is 1. The molecule has 1 aliphatic heterocycles. The van der Waals surface area contributed by atoms with Crippen LogP contribution < -0.4 is 14.7 Å². The van der Waals surface area contributed by atoms with Gasteiger partial charge >= 0.3 is 10.3 Å². The normalized spacial score (nSPS) is 12.8. The number of rotatable bonds is 6. The van der Waals surface area contributed by atoms with Crippen LogP contribution in [0, 0.1) is 27.7 Å². The number of hydrogen-bond donors (Lipinski definition) is 3. The van der Waals surface area contributed by atoms with Crippen molar-refractivity contribution in [2.24, 2.45) is 0 Å². The van der Waals surface area contributed by atoms with Gasteiger partial charge in [0.1, 0.15) is 16.2 Å². The molecule has 0 aromatic heterocycles. The Morgan fingerprint density at radius 2 is 1.30 bits per heavy atom. The van der Waals surface area contributed by atoms with Gasteiger partial charge in [0.25, 0.3) is 10.1 Å². The minimum Gasteiger partial charge on any atom is -0.456 e. The van der Waals surface area contributed by atoms with Crippen molar-refractivity contribution < 1.29 is 30.4 Å². The number of fused-ring (bicyclic) bond motifs is 2. The van der Waals surface area contributed by atoms with Gasteiger partial charge in [-0.15, -0.1) is 8.42 Å². The lowest BCUT2D eigenvalue weighted by atomic mass is 9.93. The lowest BCUT2D eigenvalue weighted by Gasteiger charge is -2.18. The molecule has 9 nitrogen and oxygen atoms in total. The second kappa shape index (κ2) is 11.5. The Balaban J connectivity index is 1.73. The van der Waals surface area contributed by atoms with Gasteiger partial charge in [-0.2, -0.15) is 8.42 Å². The molecule has 0 saturated heterocycles. The summed E-state index contributed by atoms with van der Waals surface area (Å²) in [5.41, 5.74) is 6.78. The van der Waals surface area contributed by atoms with E-state index in [2.05, 4.69) is 5.32 Å². The fourth-order valence-corrected chi connectivity index (χ4v) is 7.53. The molecule has 2 aliphatic rings. The predicted octanol–water partition coefficient (Wildman–Crippen LogP) is 7.34. The summed E-state index contributed by atoms with van der Waals surface area (Å²) in [5, 5.41) is 4.11. The molecule has 1 aliphatic carbocycles. The zero-order valence-corrected chi connectivity index (χ0v) is 27.1. The second-order valence-corrected chi connectivity index (χ2v) is 13.9. The second-order valence-electron chi connectivity index (χ2n) is 11.2. The predicted molar refractivity (Wildman–Crippen MR) is 180 cm³/mol. The van der Waals surface area contributed by atoms with Crippen molar-refractivity contribution in [1.82, 2.24) is 3.98 Å². The summed E-state index contributed by atoms with van der Waals surface area (Å²) in [5.74, 6) is 0.217. The van der Waals surface area contributed by atoms with Crippen LogP contribution in [0.2, 0.25) is 0 Å². The lowest BCUT2D eigenvalue weighted by Crippen LogP contribution is -2.32. The van der Waals surface area contributed by atoms with E-state index < -0.39 is 20.4 Å². The number of aryl methyl sites for hydroxylation is 4. The third-order valence-electron chi connectivity index (χ3n) is 8.00. The molecule has 3 N–H and O–H groups in total. The highest BCUT2D eigenvalue weighted by Crippen LogP contribution is 2.43. The molecule has 0 spiro atoms. The Morgan fingerprint density at radius 3 is 1.93 bits per heavy atom. The highest BCUT2D eigenvalue weighted by molar-refractivity contribution is 7.86. The van der Waals surface area contributed by atoms with Gasteiger partial charge in [-0.3, -0.25) is 4.55 Å². The van der Waals surface area contributed by atoms with Crippen LogP contribution >= 0.6 is 0 Å². The van der Waals surface area contributed by atoms with E-state index in [4.69, 9.17) is 4.42 Å². The molecule has 1 heterocycles. The fraction of sp³-hybridized carbons (Fsp3) is 0.114. The molecule has 0 radical (unpaired) electrons. The van der Waals surface area contributed by atoms with Gasteiger partial charge in [0.15, 0.2) is 0 Å². The first-order valence-electron chi connectivity index (χ1n) is 14.3. The topological polar surface area (TPSA) is 137 Å². The summed E-state index contributed by atoms with van der Waals surface area (Å²) in [4.78, 5) is -0.291. The van der Waals surface area contributed by atoms with Crippen LogP contribution in [-0.2, 0) is 20.4 Å². The van der Waals surface area contributed by atoms with E-state index in [1.807, 2.05) is 38.1 Å². The summed E-state index contributed by atoms with van der Waals surface area (Å²) in [6, 6.07) is 27.4. The third kappa shape index (κ3) is 5.69. The summed E-state index contributed by atoms with van der Waals surface area (Å²) < 4.78 is 78.6. The molecule has 234 valence electrons. The lowest BCUT2D eigenvalue weighted by molar-refractivity contribution is 0.467. The maximum Gasteiger partial charge on any atom is 0.512 e. The molecule has 0 bridgehead atoms. The maximum absolute atomic E-state index is 12.9. The van der Waals surface area contributed by atoms with Crippen LogP contribution in [0.4, 0.5) is 17.1 Å². The van der Waals surface area contributed by atoms with E-state index in [0.29, 0.717) is 44.6 Å². The number of benzene rings is 5. The first-order chi connectivity index (χ1) is 21.7. The van der Waals surface area contributed by atoms with Crippen LogP contribution in [0.15, 0.2) is 106 Å². The molecule has 0 amide bonds. The van der Waals surface area contributed by atoms with Crippen molar-refractivity contribution in [2.75, 3.05) is 5.32 Å². The van der Waals surface area contributed by atoms with Crippen LogP contribution in [0.3, 0.4) is 0 Å². The Bertz CT molecular complexity index is 2410. The standard InChI is InChI=1S/C35H30N2O7S2/c1-21-9-7-10-22(2)34(21)36-25-15-17-27-30(19-25)44-31-20-26(37(46(41,42)43)35-23(3)11-8-12-24(35)4)16-18-28(31)33(27)29-13-5-6-14-32(29)45(38,39)40/h5-20H,1-4H3,(H2,38,39,40,41,42,43)/p+1. The highest BCUT2D eigenvalue weighted by atomic mass is 32.2. The van der Waals surface area contributed by atoms with E-state index in [1.54, 1.807) is 62.4 Å². The molecule has 0 atom stereocenters. The molecule has 0 saturated carbocycles. The molecule has 0 fully saturated rings. The monoisotopic (exact) mass is 655 g/mol. The van der Waals surface area contributed by atoms with Crippen LogP contribution in [0.1, 0.15) is 22.3 Å². The molecule has 46 heavy (non-hydrogen) atoms. The van der Waals surface area contributed by atoms with Gasteiger partial charge in [0, 0.05) is 56.7 Å². The van der Waals surface area contributed by atoms with Crippen molar-refractivity contribution >= 4 is 48.5 Å². The Morgan fingerprint density at radius 1 is 0.674 bits per heavy atom. The Hall–Kier alpha value is -4.81. The SMILES string of the molecule is Cc1cccc(C)c1Nc1ccc2c(-c3ccccc3S(=O)(=O)O)c3cc/c(=[N+](/c4c(C)cccc4C)S(=O)(=O)O)cc-3oc2c1. The minimum atomic E-state index is -4.80. The smallest absolute Gasteiger partial charge is 0.456 e. The van der Waals surface area contributed by atoms with Gasteiger partial charge in [-0.25, -0.2) is 4.55 Å². The van der Waals surface area contributed by atoms with Crippen molar-refractivity contribution in [3.63, 3.8) is 0 Å². The van der Waals surface area contributed by atoms with Crippen LogP contribution in [0.25, 0.3) is 33.4 Å². The van der Waals surface area contributed by atoms with Gasteiger partial charge < -0.3 is 9.73 Å². The van der Waals surface area contributed by atoms with Gasteiger partial charge in [-0.05, 0) is 63.1 Å². The minimum absolute atomic E-state index is 0.106. The van der Waals surface area contributed by atoms with Crippen molar-refractivity contribution in [1.29, 1.82) is 0 Å². The van der Waals surface area contributed by atoms with Crippen LogP contribution in [0.5, 0.6) is 0 Å². The first kappa shape index (κ1) is 31.2. The quantitative estimate of drug-likeness (QED) is 0.0964. The third-order valence-corrected chi connectivity index (χ3v) is 9.76. The fourth-order valence-electron chi connectivity index (χ4n) is 5.93. The molecular formula is C35H31N2O7S2+. The number of nitrogens with one attached hydrogen (secondary N) is 1. The number of para-hydroxylation sites is 2. The largest absolute Gasteiger partial charge is 0.512 e.